The number of piperazine rings is 1. The molecule has 2 aliphatic rings. The number of rotatable bonds is 4. The molecule has 0 N–H and O–H groups in total. The van der Waals surface area contributed by atoms with E-state index < -0.39 is 44.3 Å². The molecule has 0 radical (unpaired) electrons. The van der Waals surface area contributed by atoms with E-state index in [0.717, 1.165) is 28.6 Å². The van der Waals surface area contributed by atoms with Crippen LogP contribution in [0.2, 0.25) is 0 Å². The fourth-order valence-electron chi connectivity index (χ4n) is 4.16. The van der Waals surface area contributed by atoms with Gasteiger partial charge in [-0.1, -0.05) is 28.1 Å². The Labute approximate surface area is 205 Å². The number of benzene rings is 2. The highest BCUT2D eigenvalue weighted by atomic mass is 79.9. The average Bonchev–Trinajstić information content (AvgIpc) is 3.58. The molecule has 2 atom stereocenters. The Balaban J connectivity index is 1.38. The fourth-order valence-corrected chi connectivity index (χ4v) is 6.30. The van der Waals surface area contributed by atoms with E-state index in [9.17, 15) is 39.6 Å². The summed E-state index contributed by atoms with van der Waals surface area (Å²) in [5.74, 6) is -0.808. The van der Waals surface area contributed by atoms with Gasteiger partial charge in [-0.2, -0.15) is 30.6 Å². The quantitative estimate of drug-likeness (QED) is 0.469. The van der Waals surface area contributed by atoms with Crippen molar-refractivity contribution in [1.82, 2.24) is 9.21 Å². The van der Waals surface area contributed by atoms with Gasteiger partial charge >= 0.3 is 12.4 Å². The molecule has 0 aromatic heterocycles. The van der Waals surface area contributed by atoms with Gasteiger partial charge in [-0.15, -0.1) is 0 Å². The normalized spacial score (nSPS) is 21.7. The van der Waals surface area contributed by atoms with Crippen molar-refractivity contribution in [3.63, 3.8) is 0 Å². The molecule has 2 aromatic rings. The molecule has 35 heavy (non-hydrogen) atoms. The molecule has 2 fully saturated rings. The molecular formula is C22H19BrF6N2O3S. The minimum atomic E-state index is -4.72. The third-order valence-corrected chi connectivity index (χ3v) is 8.49. The third kappa shape index (κ3) is 5.51. The van der Waals surface area contributed by atoms with Crippen LogP contribution < -0.4 is 0 Å². The Morgan fingerprint density at radius 2 is 1.43 bits per heavy atom. The smallest absolute Gasteiger partial charge is 0.340 e. The van der Waals surface area contributed by atoms with Crippen molar-refractivity contribution in [3.05, 3.63) is 63.6 Å². The molecule has 2 aromatic carbocycles. The van der Waals surface area contributed by atoms with E-state index in [4.69, 9.17) is 0 Å². The van der Waals surface area contributed by atoms with E-state index >= 15 is 0 Å². The largest absolute Gasteiger partial charge is 0.416 e. The standard InChI is InChI=1S/C22H19BrF6N2O3S/c23-16-9-15(22(27,28)29)10-17(11-16)35(33,34)31-7-5-30(6-8-31)20(32)19-12-18(19)13-1-3-14(4-2-13)21(24,25)26/h1-4,9-11,18-19H,5-8,12H2/t18-,19+/m0/s1. The molecule has 1 amide bonds. The summed E-state index contributed by atoms with van der Waals surface area (Å²) in [4.78, 5) is 13.8. The second kappa shape index (κ2) is 9.07. The molecule has 5 nitrogen and oxygen atoms in total. The molecule has 190 valence electrons. The van der Waals surface area contributed by atoms with Crippen LogP contribution in [0.15, 0.2) is 51.8 Å². The van der Waals surface area contributed by atoms with Gasteiger partial charge < -0.3 is 4.90 Å². The van der Waals surface area contributed by atoms with Crippen molar-refractivity contribution >= 4 is 31.9 Å². The van der Waals surface area contributed by atoms with Gasteiger partial charge in [-0.3, -0.25) is 4.79 Å². The lowest BCUT2D eigenvalue weighted by Gasteiger charge is -2.34. The number of sulfonamides is 1. The van der Waals surface area contributed by atoms with Crippen LogP contribution in [-0.4, -0.2) is 49.7 Å². The highest BCUT2D eigenvalue weighted by Gasteiger charge is 2.47. The van der Waals surface area contributed by atoms with Crippen molar-refractivity contribution in [2.45, 2.75) is 29.6 Å². The first-order valence-electron chi connectivity index (χ1n) is 10.5. The second-order valence-corrected chi connectivity index (χ2v) is 11.3. The summed E-state index contributed by atoms with van der Waals surface area (Å²) in [6.45, 7) is -0.0396. The second-order valence-electron chi connectivity index (χ2n) is 8.47. The fraction of sp³-hybridized carbons (Fsp3) is 0.409. The molecule has 13 heteroatoms. The average molecular weight is 585 g/mol. The topological polar surface area (TPSA) is 57.7 Å². The summed E-state index contributed by atoms with van der Waals surface area (Å²) < 4.78 is 104. The predicted molar refractivity (Wildman–Crippen MR) is 117 cm³/mol. The van der Waals surface area contributed by atoms with Crippen LogP contribution in [0.25, 0.3) is 0 Å². The highest BCUT2D eigenvalue weighted by Crippen LogP contribution is 2.49. The Kier molecular flexibility index (Phi) is 6.73. The molecule has 0 bridgehead atoms. The number of halogens is 7. The lowest BCUT2D eigenvalue weighted by atomic mass is 10.1. The van der Waals surface area contributed by atoms with E-state index in [2.05, 4.69) is 15.9 Å². The Bertz CT molecular complexity index is 1220. The molecule has 1 saturated heterocycles. The summed E-state index contributed by atoms with van der Waals surface area (Å²) >= 11 is 2.92. The first-order chi connectivity index (χ1) is 16.2. The number of carbonyl (C=O) groups excluding carboxylic acids is 1. The molecule has 1 heterocycles. The van der Waals surface area contributed by atoms with E-state index in [0.29, 0.717) is 18.1 Å². The SMILES string of the molecule is O=C([C@@H]1C[C@H]1c1ccc(C(F)(F)F)cc1)N1CCN(S(=O)(=O)c2cc(Br)cc(C(F)(F)F)c2)CC1. The van der Waals surface area contributed by atoms with Crippen LogP contribution in [0.3, 0.4) is 0 Å². The van der Waals surface area contributed by atoms with Crippen LogP contribution in [0, 0.1) is 5.92 Å². The van der Waals surface area contributed by atoms with Crippen LogP contribution in [0.5, 0.6) is 0 Å². The lowest BCUT2D eigenvalue weighted by Crippen LogP contribution is -2.51. The maximum absolute atomic E-state index is 13.1. The first-order valence-corrected chi connectivity index (χ1v) is 12.7. The molecule has 4 rings (SSSR count). The van der Waals surface area contributed by atoms with Gasteiger partial charge in [0.05, 0.1) is 16.0 Å². The van der Waals surface area contributed by atoms with Crippen molar-refractivity contribution in [3.8, 4) is 0 Å². The molecule has 1 aliphatic heterocycles. The van der Waals surface area contributed by atoms with Gasteiger partial charge in [0.15, 0.2) is 0 Å². The van der Waals surface area contributed by atoms with Crippen molar-refractivity contribution in [2.24, 2.45) is 5.92 Å². The molecule has 1 saturated carbocycles. The van der Waals surface area contributed by atoms with Gasteiger partial charge in [0.2, 0.25) is 15.9 Å². The van der Waals surface area contributed by atoms with Crippen molar-refractivity contribution in [1.29, 1.82) is 0 Å². The molecule has 0 spiro atoms. The number of hydrogen-bond donors (Lipinski definition) is 0. The van der Waals surface area contributed by atoms with E-state index in [1.54, 1.807) is 0 Å². The zero-order valence-electron chi connectivity index (χ0n) is 17.9. The summed E-state index contributed by atoms with van der Waals surface area (Å²) in [7, 11) is -4.22. The number of alkyl halides is 6. The number of amides is 1. The maximum atomic E-state index is 13.1. The van der Waals surface area contributed by atoms with Crippen LogP contribution in [0.1, 0.15) is 29.0 Å². The minimum Gasteiger partial charge on any atom is -0.340 e. The van der Waals surface area contributed by atoms with Crippen molar-refractivity contribution in [2.75, 3.05) is 26.2 Å². The zero-order valence-corrected chi connectivity index (χ0v) is 20.3. The summed E-state index contributed by atoms with van der Waals surface area (Å²) in [6, 6.07) is 7.14. The summed E-state index contributed by atoms with van der Waals surface area (Å²) in [5, 5.41) is 0. The van der Waals surface area contributed by atoms with Crippen LogP contribution >= 0.6 is 15.9 Å². The number of hydrogen-bond acceptors (Lipinski definition) is 3. The Morgan fingerprint density at radius 1 is 0.857 bits per heavy atom. The zero-order chi connectivity index (χ0) is 25.8. The third-order valence-electron chi connectivity index (χ3n) is 6.16. The van der Waals surface area contributed by atoms with Gasteiger partial charge in [0.1, 0.15) is 0 Å². The van der Waals surface area contributed by atoms with E-state index in [1.807, 2.05) is 0 Å². The first kappa shape index (κ1) is 26.0. The van der Waals surface area contributed by atoms with Crippen LogP contribution in [-0.2, 0) is 27.2 Å². The minimum absolute atomic E-state index is 0.0252. The van der Waals surface area contributed by atoms with Crippen molar-refractivity contribution < 1.29 is 39.6 Å². The lowest BCUT2D eigenvalue weighted by molar-refractivity contribution is -0.138. The molecule has 1 aliphatic carbocycles. The highest BCUT2D eigenvalue weighted by molar-refractivity contribution is 9.10. The Morgan fingerprint density at radius 3 is 1.97 bits per heavy atom. The van der Waals surface area contributed by atoms with Gasteiger partial charge in [-0.05, 0) is 48.2 Å². The van der Waals surface area contributed by atoms with Gasteiger partial charge in [0, 0.05) is 36.6 Å². The number of nitrogens with zero attached hydrogens (tertiary/aromatic N) is 2. The van der Waals surface area contributed by atoms with E-state index in [-0.39, 0.29) is 42.5 Å². The monoisotopic (exact) mass is 584 g/mol. The number of carbonyl (C=O) groups is 1. The molecular weight excluding hydrogens is 566 g/mol. The van der Waals surface area contributed by atoms with Crippen LogP contribution in [0.4, 0.5) is 26.3 Å². The summed E-state index contributed by atoms with van der Waals surface area (Å²) in [5.41, 5.74) is -1.23. The molecule has 0 unspecified atom stereocenters. The van der Waals surface area contributed by atoms with E-state index in [1.165, 1.54) is 17.0 Å². The Hall–Kier alpha value is -2.12. The maximum Gasteiger partial charge on any atom is 0.416 e. The predicted octanol–water partition coefficient (Wildman–Crippen LogP) is 5.12. The van der Waals surface area contributed by atoms with Gasteiger partial charge in [-0.25, -0.2) is 8.42 Å². The van der Waals surface area contributed by atoms with Gasteiger partial charge in [0.25, 0.3) is 0 Å². The summed E-state index contributed by atoms with van der Waals surface area (Å²) in [6.07, 6.45) is -8.67.